The number of nitrogens with one attached hydrogen (secondary N) is 1. The van der Waals surface area contributed by atoms with Crippen LogP contribution in [0.1, 0.15) is 35.4 Å². The Hall–Kier alpha value is -1.77. The minimum Gasteiger partial charge on any atom is -0.374 e. The summed E-state index contributed by atoms with van der Waals surface area (Å²) in [6.45, 7) is 4.01. The lowest BCUT2D eigenvalue weighted by molar-refractivity contribution is 0.486. The van der Waals surface area contributed by atoms with E-state index >= 15 is 0 Å². The SMILES string of the molecule is CN=C(NCc1ccc2c(c1)CCCN2C)N1CCC(c2cnn(C)c2)C1.I. The van der Waals surface area contributed by atoms with Crippen molar-refractivity contribution in [3.05, 3.63) is 47.3 Å². The molecule has 2 aliphatic heterocycles. The third-order valence-electron chi connectivity index (χ3n) is 5.84. The average Bonchev–Trinajstić information content (AvgIpc) is 3.32. The van der Waals surface area contributed by atoms with Gasteiger partial charge in [0.25, 0.3) is 0 Å². The lowest BCUT2D eigenvalue weighted by atomic mass is 9.99. The zero-order valence-electron chi connectivity index (χ0n) is 17.1. The van der Waals surface area contributed by atoms with E-state index in [0.717, 1.165) is 38.6 Å². The second-order valence-corrected chi connectivity index (χ2v) is 7.77. The van der Waals surface area contributed by atoms with Crippen molar-refractivity contribution in [2.75, 3.05) is 38.6 Å². The Kier molecular flexibility index (Phi) is 6.85. The van der Waals surface area contributed by atoms with Crippen LogP contribution in [-0.2, 0) is 20.0 Å². The number of benzene rings is 1. The van der Waals surface area contributed by atoms with Crippen molar-refractivity contribution >= 4 is 35.6 Å². The summed E-state index contributed by atoms with van der Waals surface area (Å²) in [4.78, 5) is 9.24. The van der Waals surface area contributed by atoms with Gasteiger partial charge in [-0.25, -0.2) is 0 Å². The normalized spacial score (nSPS) is 19.4. The molecule has 0 radical (unpaired) electrons. The first-order valence-corrected chi connectivity index (χ1v) is 9.91. The first kappa shape index (κ1) is 21.0. The van der Waals surface area contributed by atoms with Gasteiger partial charge in [-0.15, -0.1) is 24.0 Å². The maximum absolute atomic E-state index is 4.52. The van der Waals surface area contributed by atoms with Crippen LogP contribution in [0.4, 0.5) is 5.69 Å². The Morgan fingerprint density at radius 3 is 2.89 bits per heavy atom. The molecule has 1 aromatic heterocycles. The van der Waals surface area contributed by atoms with Crippen LogP contribution in [0, 0.1) is 0 Å². The number of hydrogen-bond acceptors (Lipinski definition) is 3. The molecule has 2 aliphatic rings. The highest BCUT2D eigenvalue weighted by Gasteiger charge is 2.26. The van der Waals surface area contributed by atoms with Crippen molar-refractivity contribution in [2.24, 2.45) is 12.0 Å². The molecule has 0 saturated carbocycles. The van der Waals surface area contributed by atoms with Crippen molar-refractivity contribution < 1.29 is 0 Å². The number of aliphatic imine (C=N–C) groups is 1. The molecule has 1 fully saturated rings. The number of anilines is 1. The predicted molar refractivity (Wildman–Crippen MR) is 126 cm³/mol. The van der Waals surface area contributed by atoms with Gasteiger partial charge in [-0.3, -0.25) is 9.67 Å². The fourth-order valence-electron chi connectivity index (χ4n) is 4.34. The molecule has 0 bridgehead atoms. The van der Waals surface area contributed by atoms with Gasteiger partial charge >= 0.3 is 0 Å². The van der Waals surface area contributed by atoms with Crippen LogP contribution in [0.2, 0.25) is 0 Å². The minimum atomic E-state index is 0. The number of aromatic nitrogens is 2. The van der Waals surface area contributed by atoms with Crippen LogP contribution in [0.3, 0.4) is 0 Å². The van der Waals surface area contributed by atoms with Gasteiger partial charge in [0.15, 0.2) is 5.96 Å². The molecule has 28 heavy (non-hydrogen) atoms. The topological polar surface area (TPSA) is 48.7 Å². The van der Waals surface area contributed by atoms with Gasteiger partial charge in [-0.1, -0.05) is 12.1 Å². The van der Waals surface area contributed by atoms with E-state index in [4.69, 9.17) is 0 Å². The molecule has 1 unspecified atom stereocenters. The highest BCUT2D eigenvalue weighted by Crippen LogP contribution is 2.28. The fraction of sp³-hybridized carbons (Fsp3) is 0.524. The third kappa shape index (κ3) is 4.45. The van der Waals surface area contributed by atoms with E-state index in [-0.39, 0.29) is 24.0 Å². The molecule has 0 aliphatic carbocycles. The number of fused-ring (bicyclic) bond motifs is 1. The van der Waals surface area contributed by atoms with E-state index < -0.39 is 0 Å². The van der Waals surface area contributed by atoms with Crippen molar-refractivity contribution in [3.63, 3.8) is 0 Å². The van der Waals surface area contributed by atoms with E-state index in [1.807, 2.05) is 25.0 Å². The number of rotatable bonds is 3. The Bertz CT molecular complexity index is 830. The predicted octanol–water partition coefficient (Wildman–Crippen LogP) is 2.99. The second-order valence-electron chi connectivity index (χ2n) is 7.77. The molecule has 1 atom stereocenters. The standard InChI is InChI=1S/C21H30N6.HI/c1-22-21(27-10-8-18(15-27)19-13-24-26(3)14-19)23-12-16-6-7-20-17(11-16)5-4-9-25(20)2;/h6-7,11,13-14,18H,4-5,8-10,12,15H2,1-3H3,(H,22,23);1H. The van der Waals surface area contributed by atoms with E-state index in [2.05, 4.69) is 56.7 Å². The van der Waals surface area contributed by atoms with Gasteiger partial charge in [0, 0.05) is 65.1 Å². The smallest absolute Gasteiger partial charge is 0.193 e. The minimum absolute atomic E-state index is 0. The molecule has 0 amide bonds. The third-order valence-corrected chi connectivity index (χ3v) is 5.84. The second kappa shape index (κ2) is 9.15. The van der Waals surface area contributed by atoms with Crippen molar-refractivity contribution in [3.8, 4) is 0 Å². The molecule has 1 N–H and O–H groups in total. The Labute approximate surface area is 185 Å². The van der Waals surface area contributed by atoms with Crippen LogP contribution in [0.15, 0.2) is 35.6 Å². The molecule has 4 rings (SSSR count). The summed E-state index contributed by atoms with van der Waals surface area (Å²) in [5.41, 5.74) is 5.51. The van der Waals surface area contributed by atoms with Crippen molar-refractivity contribution in [2.45, 2.75) is 31.7 Å². The summed E-state index contributed by atoms with van der Waals surface area (Å²) in [6, 6.07) is 6.86. The largest absolute Gasteiger partial charge is 0.374 e. The molecule has 1 aromatic carbocycles. The first-order valence-electron chi connectivity index (χ1n) is 9.91. The fourth-order valence-corrected chi connectivity index (χ4v) is 4.34. The lowest BCUT2D eigenvalue weighted by Crippen LogP contribution is -2.39. The van der Waals surface area contributed by atoms with Crippen LogP contribution in [0.25, 0.3) is 0 Å². The maximum Gasteiger partial charge on any atom is 0.193 e. The van der Waals surface area contributed by atoms with Gasteiger partial charge < -0.3 is 15.1 Å². The molecule has 6 nitrogen and oxygen atoms in total. The molecular weight excluding hydrogens is 463 g/mol. The number of likely N-dealkylation sites (tertiary alicyclic amines) is 1. The van der Waals surface area contributed by atoms with Crippen LogP contribution in [-0.4, -0.2) is 54.4 Å². The lowest BCUT2D eigenvalue weighted by Gasteiger charge is -2.28. The van der Waals surface area contributed by atoms with Gasteiger partial charge in [0.05, 0.1) is 6.20 Å². The molecule has 1 saturated heterocycles. The highest BCUT2D eigenvalue weighted by molar-refractivity contribution is 14.0. The Balaban J connectivity index is 0.00000225. The van der Waals surface area contributed by atoms with Gasteiger partial charge in [0.1, 0.15) is 0 Å². The van der Waals surface area contributed by atoms with Crippen molar-refractivity contribution in [1.29, 1.82) is 0 Å². The summed E-state index contributed by atoms with van der Waals surface area (Å²) >= 11 is 0. The van der Waals surface area contributed by atoms with Crippen LogP contribution in [0.5, 0.6) is 0 Å². The molecule has 152 valence electrons. The van der Waals surface area contributed by atoms with E-state index in [1.54, 1.807) is 0 Å². The molecule has 3 heterocycles. The quantitative estimate of drug-likeness (QED) is 0.405. The van der Waals surface area contributed by atoms with Crippen molar-refractivity contribution in [1.82, 2.24) is 20.0 Å². The Morgan fingerprint density at radius 1 is 1.29 bits per heavy atom. The zero-order chi connectivity index (χ0) is 18.8. The summed E-state index contributed by atoms with van der Waals surface area (Å²) in [5.74, 6) is 1.53. The number of nitrogens with zero attached hydrogens (tertiary/aromatic N) is 5. The van der Waals surface area contributed by atoms with Gasteiger partial charge in [-0.2, -0.15) is 5.10 Å². The van der Waals surface area contributed by atoms with E-state index in [0.29, 0.717) is 5.92 Å². The molecule has 0 spiro atoms. The van der Waals surface area contributed by atoms with Crippen LogP contribution < -0.4 is 10.2 Å². The number of halogens is 1. The molecule has 7 heteroatoms. The monoisotopic (exact) mass is 494 g/mol. The Morgan fingerprint density at radius 2 is 2.14 bits per heavy atom. The molecule has 2 aromatic rings. The van der Waals surface area contributed by atoms with Gasteiger partial charge in [0.2, 0.25) is 0 Å². The highest BCUT2D eigenvalue weighted by atomic mass is 127. The number of hydrogen-bond donors (Lipinski definition) is 1. The van der Waals surface area contributed by atoms with Gasteiger partial charge in [-0.05, 0) is 42.0 Å². The summed E-state index contributed by atoms with van der Waals surface area (Å²) in [7, 11) is 6.04. The number of aryl methyl sites for hydroxylation is 2. The summed E-state index contributed by atoms with van der Waals surface area (Å²) in [5, 5.41) is 7.88. The maximum atomic E-state index is 4.52. The summed E-state index contributed by atoms with van der Waals surface area (Å²) < 4.78 is 1.89. The van der Waals surface area contributed by atoms with E-state index in [9.17, 15) is 0 Å². The van der Waals surface area contributed by atoms with Crippen LogP contribution >= 0.6 is 24.0 Å². The summed E-state index contributed by atoms with van der Waals surface area (Å²) in [6.07, 6.45) is 7.70. The molecular formula is C21H31IN6. The average molecular weight is 494 g/mol. The van der Waals surface area contributed by atoms with E-state index in [1.165, 1.54) is 35.2 Å². The first-order chi connectivity index (χ1) is 13.1. The zero-order valence-corrected chi connectivity index (χ0v) is 19.4. The number of guanidine groups is 1.